The summed E-state index contributed by atoms with van der Waals surface area (Å²) in [6, 6.07) is 14.2. The fourth-order valence-corrected chi connectivity index (χ4v) is 4.01. The van der Waals surface area contributed by atoms with Crippen LogP contribution < -0.4 is 15.5 Å². The van der Waals surface area contributed by atoms with Crippen LogP contribution in [0.15, 0.2) is 42.5 Å². The lowest BCUT2D eigenvalue weighted by atomic mass is 10.0. The van der Waals surface area contributed by atoms with Crippen molar-refractivity contribution in [3.63, 3.8) is 0 Å². The molecule has 1 aliphatic heterocycles. The molecule has 2 N–H and O–H groups in total. The smallest absolute Gasteiger partial charge is 0.313 e. The maximum Gasteiger partial charge on any atom is 0.313 e. The first-order valence-corrected chi connectivity index (χ1v) is 10.5. The molecule has 1 aliphatic rings. The highest BCUT2D eigenvalue weighted by Crippen LogP contribution is 2.26. The van der Waals surface area contributed by atoms with Crippen LogP contribution in [0.3, 0.4) is 0 Å². The van der Waals surface area contributed by atoms with Gasteiger partial charge in [0.25, 0.3) is 0 Å². The van der Waals surface area contributed by atoms with Gasteiger partial charge in [0.1, 0.15) is 0 Å². The number of nitrogens with one attached hydrogen (secondary N) is 2. The van der Waals surface area contributed by atoms with Gasteiger partial charge in [0.2, 0.25) is 0 Å². The quantitative estimate of drug-likeness (QED) is 0.720. The molecule has 2 amide bonds. The van der Waals surface area contributed by atoms with Gasteiger partial charge in [-0.25, -0.2) is 0 Å². The fraction of sp³-hybridized carbons (Fsp3) is 0.417. The van der Waals surface area contributed by atoms with Crippen LogP contribution in [-0.4, -0.2) is 50.4 Å². The predicted molar refractivity (Wildman–Crippen MR) is 122 cm³/mol. The molecular weight excluding hydrogens is 376 g/mol. The van der Waals surface area contributed by atoms with Crippen molar-refractivity contribution < 1.29 is 9.59 Å². The normalized spacial score (nSPS) is 14.9. The van der Waals surface area contributed by atoms with Crippen LogP contribution in [0.25, 0.3) is 0 Å². The summed E-state index contributed by atoms with van der Waals surface area (Å²) in [7, 11) is 4.03. The van der Waals surface area contributed by atoms with Crippen LogP contribution in [0.2, 0.25) is 0 Å². The maximum absolute atomic E-state index is 12.5. The van der Waals surface area contributed by atoms with Crippen LogP contribution in [0, 0.1) is 13.8 Å². The zero-order valence-electron chi connectivity index (χ0n) is 18.4. The molecule has 0 bridgehead atoms. The second kappa shape index (κ2) is 9.76. The zero-order chi connectivity index (χ0) is 21.7. The van der Waals surface area contributed by atoms with E-state index in [9.17, 15) is 9.59 Å². The highest BCUT2D eigenvalue weighted by Gasteiger charge is 2.25. The molecule has 0 aliphatic carbocycles. The summed E-state index contributed by atoms with van der Waals surface area (Å²) >= 11 is 0. The Kier molecular flexibility index (Phi) is 7.11. The summed E-state index contributed by atoms with van der Waals surface area (Å²) in [4.78, 5) is 29.3. The molecule has 0 saturated carbocycles. The van der Waals surface area contributed by atoms with E-state index in [-0.39, 0.29) is 6.04 Å². The third-order valence-electron chi connectivity index (χ3n) is 5.52. The lowest BCUT2D eigenvalue weighted by molar-refractivity contribution is -0.136. The molecule has 30 heavy (non-hydrogen) atoms. The second-order valence-corrected chi connectivity index (χ2v) is 8.29. The lowest BCUT2D eigenvalue weighted by Crippen LogP contribution is -2.41. The van der Waals surface area contributed by atoms with Crippen molar-refractivity contribution in [3.8, 4) is 0 Å². The van der Waals surface area contributed by atoms with Gasteiger partial charge in [0.15, 0.2) is 0 Å². The third-order valence-corrected chi connectivity index (χ3v) is 5.52. The summed E-state index contributed by atoms with van der Waals surface area (Å²) in [5.41, 5.74) is 5.01. The van der Waals surface area contributed by atoms with E-state index < -0.39 is 11.8 Å². The number of nitrogens with zero attached hydrogens (tertiary/aromatic N) is 2. The summed E-state index contributed by atoms with van der Waals surface area (Å²) in [5.74, 6) is -1.24. The van der Waals surface area contributed by atoms with Crippen molar-refractivity contribution in [2.75, 3.05) is 43.9 Å². The number of rotatable bonds is 6. The van der Waals surface area contributed by atoms with Gasteiger partial charge in [0, 0.05) is 32.0 Å². The largest absolute Gasteiger partial charge is 0.378 e. The number of hydrogen-bond acceptors (Lipinski definition) is 4. The number of benzene rings is 2. The molecule has 6 nitrogen and oxygen atoms in total. The number of amides is 2. The SMILES string of the molecule is Cc1cc(C)cc(NC(=O)C(=O)NCC(c2ccc(N(C)C)cc2)N2CCCC2)c1. The minimum atomic E-state index is -0.636. The Morgan fingerprint density at radius 1 is 0.967 bits per heavy atom. The molecule has 0 spiro atoms. The second-order valence-electron chi connectivity index (χ2n) is 8.29. The van der Waals surface area contributed by atoms with Crippen LogP contribution in [0.5, 0.6) is 0 Å². The molecule has 1 heterocycles. The van der Waals surface area contributed by atoms with Crippen LogP contribution in [0.4, 0.5) is 11.4 Å². The minimum absolute atomic E-state index is 0.0571. The van der Waals surface area contributed by atoms with Crippen LogP contribution in [-0.2, 0) is 9.59 Å². The Hall–Kier alpha value is -2.86. The highest BCUT2D eigenvalue weighted by molar-refractivity contribution is 6.39. The molecule has 1 unspecified atom stereocenters. The van der Waals surface area contributed by atoms with E-state index in [2.05, 4.69) is 44.7 Å². The summed E-state index contributed by atoms with van der Waals surface area (Å²) in [6.45, 7) is 6.34. The van der Waals surface area contributed by atoms with E-state index in [4.69, 9.17) is 0 Å². The third kappa shape index (κ3) is 5.60. The standard InChI is InChI=1S/C24H32N4O2/c1-17-13-18(2)15-20(14-17)26-24(30)23(29)25-16-22(28-11-5-6-12-28)19-7-9-21(10-8-19)27(3)4/h7-10,13-15,22H,5-6,11-12,16H2,1-4H3,(H,25,29)(H,26,30). The van der Waals surface area contributed by atoms with E-state index in [0.29, 0.717) is 12.2 Å². The summed E-state index contributed by atoms with van der Waals surface area (Å²) in [6.07, 6.45) is 2.32. The first-order chi connectivity index (χ1) is 14.3. The topological polar surface area (TPSA) is 64.7 Å². The molecule has 0 radical (unpaired) electrons. The Labute approximate surface area is 179 Å². The van der Waals surface area contributed by atoms with Gasteiger partial charge >= 0.3 is 11.8 Å². The lowest BCUT2D eigenvalue weighted by Gasteiger charge is -2.28. The highest BCUT2D eigenvalue weighted by atomic mass is 16.2. The molecule has 1 atom stereocenters. The van der Waals surface area contributed by atoms with Crippen LogP contribution in [0.1, 0.15) is 35.6 Å². The fourth-order valence-electron chi connectivity index (χ4n) is 4.01. The monoisotopic (exact) mass is 408 g/mol. The zero-order valence-corrected chi connectivity index (χ0v) is 18.4. The van der Waals surface area contributed by atoms with Gasteiger partial charge in [-0.15, -0.1) is 0 Å². The van der Waals surface area contributed by atoms with Gasteiger partial charge < -0.3 is 15.5 Å². The van der Waals surface area contributed by atoms with E-state index in [1.54, 1.807) is 0 Å². The van der Waals surface area contributed by atoms with Crippen molar-refractivity contribution in [2.45, 2.75) is 32.7 Å². The molecule has 2 aromatic carbocycles. The Morgan fingerprint density at radius 3 is 2.13 bits per heavy atom. The van der Waals surface area contributed by atoms with Crippen molar-refractivity contribution in [3.05, 3.63) is 59.2 Å². The van der Waals surface area contributed by atoms with Crippen molar-refractivity contribution in [2.24, 2.45) is 0 Å². The number of aryl methyl sites for hydroxylation is 2. The number of carbonyl (C=O) groups excluding carboxylic acids is 2. The number of hydrogen-bond donors (Lipinski definition) is 2. The minimum Gasteiger partial charge on any atom is -0.378 e. The van der Waals surface area contributed by atoms with Crippen molar-refractivity contribution in [1.82, 2.24) is 10.2 Å². The number of likely N-dealkylation sites (tertiary alicyclic amines) is 1. The first-order valence-electron chi connectivity index (χ1n) is 10.5. The van der Waals surface area contributed by atoms with Crippen molar-refractivity contribution in [1.29, 1.82) is 0 Å². The van der Waals surface area contributed by atoms with Crippen LogP contribution >= 0.6 is 0 Å². The average molecular weight is 409 g/mol. The summed E-state index contributed by atoms with van der Waals surface area (Å²) in [5, 5.41) is 5.55. The average Bonchev–Trinajstić information content (AvgIpc) is 3.22. The molecule has 1 saturated heterocycles. The molecule has 160 valence electrons. The van der Waals surface area contributed by atoms with E-state index in [1.165, 1.54) is 0 Å². The van der Waals surface area contributed by atoms with Crippen molar-refractivity contribution >= 4 is 23.2 Å². The summed E-state index contributed by atoms with van der Waals surface area (Å²) < 4.78 is 0. The number of anilines is 2. The molecular formula is C24H32N4O2. The predicted octanol–water partition coefficient (Wildman–Crippen LogP) is 3.26. The van der Waals surface area contributed by atoms with Gasteiger partial charge in [0.05, 0.1) is 6.04 Å². The Bertz CT molecular complexity index is 866. The van der Waals surface area contributed by atoms with E-state index in [0.717, 1.165) is 48.3 Å². The molecule has 6 heteroatoms. The van der Waals surface area contributed by atoms with Gasteiger partial charge in [-0.05, 0) is 80.7 Å². The van der Waals surface area contributed by atoms with Gasteiger partial charge in [-0.1, -0.05) is 18.2 Å². The molecule has 1 fully saturated rings. The maximum atomic E-state index is 12.5. The Morgan fingerprint density at radius 2 is 1.57 bits per heavy atom. The first kappa shape index (κ1) is 21.8. The number of carbonyl (C=O) groups is 2. The Balaban J connectivity index is 1.65. The van der Waals surface area contributed by atoms with E-state index >= 15 is 0 Å². The molecule has 2 aromatic rings. The van der Waals surface area contributed by atoms with Gasteiger partial charge in [-0.3, -0.25) is 14.5 Å². The molecule has 3 rings (SSSR count). The van der Waals surface area contributed by atoms with E-state index in [1.807, 2.05) is 46.1 Å². The molecule has 0 aromatic heterocycles. The van der Waals surface area contributed by atoms with Gasteiger partial charge in [-0.2, -0.15) is 0 Å².